The average Bonchev–Trinajstić information content (AvgIpc) is 3.28. The molecule has 0 aromatic carbocycles. The van der Waals surface area contributed by atoms with Crippen LogP contribution in [0.2, 0.25) is 0 Å². The lowest BCUT2D eigenvalue weighted by molar-refractivity contribution is -0.166. The van der Waals surface area contributed by atoms with Gasteiger partial charge in [-0.25, -0.2) is 9.78 Å². The number of rotatable bonds is 5. The topological polar surface area (TPSA) is 103 Å². The Hall–Kier alpha value is -2.68. The van der Waals surface area contributed by atoms with Crippen molar-refractivity contribution in [3.63, 3.8) is 0 Å². The third-order valence-electron chi connectivity index (χ3n) is 9.25. The molecule has 3 heterocycles. The van der Waals surface area contributed by atoms with E-state index < -0.39 is 18.1 Å². The van der Waals surface area contributed by atoms with Gasteiger partial charge < -0.3 is 24.5 Å². The quantitative estimate of drug-likeness (QED) is 0.616. The molecule has 194 valence electrons. The van der Waals surface area contributed by atoms with Gasteiger partial charge in [-0.2, -0.15) is 0 Å². The number of β-amino-alcohol motifs (C(OH)–C–C–N with tert-alkyl or cyclic N) is 1. The number of esters is 1. The van der Waals surface area contributed by atoms with Crippen molar-refractivity contribution in [2.75, 3.05) is 44.2 Å². The molecule has 2 aliphatic heterocycles. The lowest BCUT2D eigenvalue weighted by Gasteiger charge is -2.56. The zero-order chi connectivity index (χ0) is 24.9. The molecule has 2 amide bonds. The normalized spacial score (nSPS) is 35.2. The van der Waals surface area contributed by atoms with E-state index in [0.717, 1.165) is 25.1 Å². The molecule has 4 saturated carbocycles. The van der Waals surface area contributed by atoms with E-state index in [-0.39, 0.29) is 36.8 Å². The molecule has 36 heavy (non-hydrogen) atoms. The second kappa shape index (κ2) is 9.32. The van der Waals surface area contributed by atoms with Crippen LogP contribution in [0.5, 0.6) is 0 Å². The first kappa shape index (κ1) is 23.7. The zero-order valence-corrected chi connectivity index (χ0v) is 20.8. The Kier molecular flexibility index (Phi) is 6.14. The summed E-state index contributed by atoms with van der Waals surface area (Å²) < 4.78 is 5.44. The van der Waals surface area contributed by atoms with Crippen LogP contribution in [-0.2, 0) is 19.1 Å². The molecule has 1 aromatic heterocycles. The Morgan fingerprint density at radius 3 is 2.25 bits per heavy atom. The number of likely N-dealkylation sites (tertiary alicyclic amines) is 1. The second-order valence-corrected chi connectivity index (χ2v) is 11.7. The summed E-state index contributed by atoms with van der Waals surface area (Å²) in [4.78, 5) is 49.4. The van der Waals surface area contributed by atoms with Crippen LogP contribution >= 0.6 is 0 Å². The van der Waals surface area contributed by atoms with Crippen LogP contribution in [0.4, 0.5) is 5.82 Å². The number of aliphatic hydroxyl groups is 1. The van der Waals surface area contributed by atoms with E-state index in [1.807, 2.05) is 18.2 Å². The van der Waals surface area contributed by atoms with Gasteiger partial charge in [-0.3, -0.25) is 9.59 Å². The van der Waals surface area contributed by atoms with Crippen LogP contribution in [-0.4, -0.2) is 89.2 Å². The lowest BCUT2D eigenvalue weighted by atomic mass is 9.49. The molecular weight excluding hydrogens is 460 g/mol. The van der Waals surface area contributed by atoms with E-state index in [9.17, 15) is 19.5 Å². The Balaban J connectivity index is 1.04. The molecule has 2 atom stereocenters. The van der Waals surface area contributed by atoms with Crippen LogP contribution in [0.15, 0.2) is 24.4 Å². The number of anilines is 1. The number of aliphatic hydroxyl groups excluding tert-OH is 1. The Morgan fingerprint density at radius 1 is 0.972 bits per heavy atom. The number of carbonyl (C=O) groups is 3. The summed E-state index contributed by atoms with van der Waals surface area (Å²) in [7, 11) is 0. The van der Waals surface area contributed by atoms with E-state index >= 15 is 0 Å². The number of hydrogen-bond donors (Lipinski definition) is 1. The van der Waals surface area contributed by atoms with E-state index in [2.05, 4.69) is 9.88 Å². The molecule has 6 aliphatic rings. The third kappa shape index (κ3) is 4.35. The van der Waals surface area contributed by atoms with Gasteiger partial charge in [0, 0.05) is 45.3 Å². The first-order chi connectivity index (χ1) is 17.4. The van der Waals surface area contributed by atoms with Gasteiger partial charge >= 0.3 is 5.97 Å². The molecule has 2 saturated heterocycles. The highest BCUT2D eigenvalue weighted by atomic mass is 16.5. The van der Waals surface area contributed by atoms with Gasteiger partial charge in [0.15, 0.2) is 6.61 Å². The maximum Gasteiger partial charge on any atom is 0.329 e. The fourth-order valence-electron chi connectivity index (χ4n) is 7.99. The highest BCUT2D eigenvalue weighted by molar-refractivity contribution is 5.90. The smallest absolute Gasteiger partial charge is 0.329 e. The summed E-state index contributed by atoms with van der Waals surface area (Å²) in [5.74, 6) is 1.96. The molecule has 0 spiro atoms. The van der Waals surface area contributed by atoms with Crippen molar-refractivity contribution in [3.8, 4) is 0 Å². The minimum Gasteiger partial charge on any atom is -0.454 e. The van der Waals surface area contributed by atoms with Gasteiger partial charge in [0.05, 0.1) is 11.5 Å². The highest BCUT2D eigenvalue weighted by Gasteiger charge is 2.57. The van der Waals surface area contributed by atoms with Gasteiger partial charge in [-0.15, -0.1) is 0 Å². The van der Waals surface area contributed by atoms with Gasteiger partial charge in [0.25, 0.3) is 5.91 Å². The summed E-state index contributed by atoms with van der Waals surface area (Å²) in [6.45, 7) is 2.23. The van der Waals surface area contributed by atoms with Crippen molar-refractivity contribution in [1.29, 1.82) is 0 Å². The highest BCUT2D eigenvalue weighted by Crippen LogP contribution is 2.60. The first-order valence-corrected chi connectivity index (χ1v) is 13.5. The van der Waals surface area contributed by atoms with Crippen molar-refractivity contribution >= 4 is 23.6 Å². The average molecular weight is 497 g/mol. The van der Waals surface area contributed by atoms with Gasteiger partial charge in [-0.05, 0) is 68.4 Å². The third-order valence-corrected chi connectivity index (χ3v) is 9.25. The van der Waals surface area contributed by atoms with Crippen molar-refractivity contribution in [2.45, 2.75) is 57.1 Å². The molecule has 4 bridgehead atoms. The molecule has 1 N–H and O–H groups in total. The van der Waals surface area contributed by atoms with Crippen molar-refractivity contribution in [1.82, 2.24) is 14.8 Å². The van der Waals surface area contributed by atoms with E-state index in [0.29, 0.717) is 43.9 Å². The lowest BCUT2D eigenvalue weighted by Crippen LogP contribution is -2.56. The fourth-order valence-corrected chi connectivity index (χ4v) is 7.99. The van der Waals surface area contributed by atoms with E-state index in [1.54, 1.807) is 16.0 Å². The predicted octanol–water partition coefficient (Wildman–Crippen LogP) is 1.45. The van der Waals surface area contributed by atoms with Crippen LogP contribution in [0, 0.1) is 23.2 Å². The molecule has 9 nitrogen and oxygen atoms in total. The second-order valence-electron chi connectivity index (χ2n) is 11.7. The minimum atomic E-state index is -0.811. The predicted molar refractivity (Wildman–Crippen MR) is 131 cm³/mol. The maximum atomic E-state index is 13.8. The summed E-state index contributed by atoms with van der Waals surface area (Å²) in [5, 5.41) is 10.4. The van der Waals surface area contributed by atoms with E-state index in [1.165, 1.54) is 19.3 Å². The SMILES string of the molecule is O=C(OCC(=O)N1CCN(c2ccccn2)CC1)[C@@H]1CC(O)CN1C(=O)C12CC3CC(CC(C3)C1)C2. The van der Waals surface area contributed by atoms with Gasteiger partial charge in [0.1, 0.15) is 11.9 Å². The van der Waals surface area contributed by atoms with Crippen LogP contribution in [0.25, 0.3) is 0 Å². The number of carbonyl (C=O) groups excluding carboxylic acids is 3. The molecule has 6 fully saturated rings. The van der Waals surface area contributed by atoms with Crippen molar-refractivity contribution < 1.29 is 24.2 Å². The standard InChI is InChI=1S/C27H36N4O5/c32-21-12-22(31(16-21)26(35)27-13-18-9-19(14-27)11-20(10-18)15-27)25(34)36-17-24(33)30-7-5-29(6-8-30)23-3-1-2-4-28-23/h1-4,18-22,32H,5-17H2/t18?,19?,20?,21?,22-,27?/m0/s1. The summed E-state index contributed by atoms with van der Waals surface area (Å²) in [6.07, 6.45) is 7.63. The molecule has 1 unspecified atom stereocenters. The number of amides is 2. The van der Waals surface area contributed by atoms with E-state index in [4.69, 9.17) is 4.74 Å². The monoisotopic (exact) mass is 496 g/mol. The number of hydrogen-bond acceptors (Lipinski definition) is 7. The minimum absolute atomic E-state index is 0.0251. The largest absolute Gasteiger partial charge is 0.454 e. The summed E-state index contributed by atoms with van der Waals surface area (Å²) in [5.41, 5.74) is -0.375. The summed E-state index contributed by atoms with van der Waals surface area (Å²) in [6, 6.07) is 4.95. The van der Waals surface area contributed by atoms with Crippen LogP contribution in [0.1, 0.15) is 44.9 Å². The summed E-state index contributed by atoms with van der Waals surface area (Å²) >= 11 is 0. The molecule has 4 aliphatic carbocycles. The number of piperazine rings is 1. The van der Waals surface area contributed by atoms with Crippen molar-refractivity contribution in [2.24, 2.45) is 23.2 Å². The Morgan fingerprint density at radius 2 is 1.64 bits per heavy atom. The number of nitrogens with zero attached hydrogens (tertiary/aromatic N) is 4. The van der Waals surface area contributed by atoms with Crippen LogP contribution < -0.4 is 4.90 Å². The first-order valence-electron chi connectivity index (χ1n) is 13.5. The Labute approximate surface area is 211 Å². The van der Waals surface area contributed by atoms with Crippen LogP contribution in [0.3, 0.4) is 0 Å². The molecule has 7 rings (SSSR count). The van der Waals surface area contributed by atoms with Gasteiger partial charge in [-0.1, -0.05) is 6.07 Å². The molecular formula is C27H36N4O5. The Bertz CT molecular complexity index is 973. The fraction of sp³-hybridized carbons (Fsp3) is 0.704. The number of aromatic nitrogens is 1. The molecule has 9 heteroatoms. The number of ether oxygens (including phenoxy) is 1. The zero-order valence-electron chi connectivity index (χ0n) is 20.8. The molecule has 0 radical (unpaired) electrons. The maximum absolute atomic E-state index is 13.8. The number of pyridine rings is 1. The van der Waals surface area contributed by atoms with Gasteiger partial charge in [0.2, 0.25) is 5.91 Å². The van der Waals surface area contributed by atoms with Crippen molar-refractivity contribution in [3.05, 3.63) is 24.4 Å². The molecule has 1 aromatic rings.